The first-order valence-corrected chi connectivity index (χ1v) is 7.67. The predicted molar refractivity (Wildman–Crippen MR) is 75.3 cm³/mol. The molecule has 2 atom stereocenters. The van der Waals surface area contributed by atoms with Crippen LogP contribution in [0.4, 0.5) is 0 Å². The number of rotatable bonds is 4. The van der Waals surface area contributed by atoms with Gasteiger partial charge in [-0.2, -0.15) is 4.98 Å². The van der Waals surface area contributed by atoms with Crippen LogP contribution in [0, 0.1) is 13.8 Å². The average molecular weight is 277 g/mol. The molecular formula is C14H19N3OS. The molecule has 0 bridgehead atoms. The maximum Gasteiger partial charge on any atom is 0.229 e. The van der Waals surface area contributed by atoms with Gasteiger partial charge in [0.25, 0.3) is 0 Å². The van der Waals surface area contributed by atoms with Gasteiger partial charge in [0, 0.05) is 23.4 Å². The summed E-state index contributed by atoms with van der Waals surface area (Å²) in [6.07, 6.45) is 3.44. The fourth-order valence-corrected chi connectivity index (χ4v) is 3.55. The first kappa shape index (κ1) is 12.8. The maximum atomic E-state index is 5.28. The minimum atomic E-state index is 0.433. The third-order valence-corrected chi connectivity index (χ3v) is 4.87. The summed E-state index contributed by atoms with van der Waals surface area (Å²) in [6.45, 7) is 5.02. The summed E-state index contributed by atoms with van der Waals surface area (Å²) in [7, 11) is 0. The molecule has 2 heterocycles. The molecule has 0 amide bonds. The van der Waals surface area contributed by atoms with Gasteiger partial charge in [-0.1, -0.05) is 5.16 Å². The van der Waals surface area contributed by atoms with Crippen molar-refractivity contribution in [2.24, 2.45) is 0 Å². The Kier molecular flexibility index (Phi) is 3.66. The van der Waals surface area contributed by atoms with Gasteiger partial charge in [-0.15, -0.1) is 11.3 Å². The van der Waals surface area contributed by atoms with Crippen LogP contribution in [0.25, 0.3) is 0 Å². The third kappa shape index (κ3) is 2.87. The number of hydrogen-bond donors (Lipinski definition) is 1. The van der Waals surface area contributed by atoms with Crippen LogP contribution in [0.5, 0.6) is 0 Å². The van der Waals surface area contributed by atoms with Crippen molar-refractivity contribution in [3.05, 3.63) is 33.6 Å². The van der Waals surface area contributed by atoms with Crippen LogP contribution < -0.4 is 5.32 Å². The van der Waals surface area contributed by atoms with E-state index in [4.69, 9.17) is 4.52 Å². The number of nitrogens with zero attached hydrogens (tertiary/aromatic N) is 2. The van der Waals surface area contributed by atoms with Crippen LogP contribution in [-0.2, 0) is 6.54 Å². The van der Waals surface area contributed by atoms with Gasteiger partial charge in [-0.05, 0) is 50.1 Å². The van der Waals surface area contributed by atoms with E-state index in [1.807, 2.05) is 18.3 Å². The Hall–Kier alpha value is -1.20. The quantitative estimate of drug-likeness (QED) is 0.932. The standard InChI is InChI=1S/C14H19N3OS/c1-9-5-6-19-13(9)8-15-12-4-3-11(7-12)14-16-10(2)17-18-14/h5-6,11-12,15H,3-4,7-8H2,1-2H3. The molecule has 5 heteroatoms. The molecule has 0 radical (unpaired) electrons. The first-order chi connectivity index (χ1) is 9.22. The Balaban J connectivity index is 1.53. The fourth-order valence-electron chi connectivity index (χ4n) is 2.69. The number of aromatic nitrogens is 2. The lowest BCUT2D eigenvalue weighted by atomic mass is 10.1. The number of hydrogen-bond acceptors (Lipinski definition) is 5. The fraction of sp³-hybridized carbons (Fsp3) is 0.571. The summed E-state index contributed by atoms with van der Waals surface area (Å²) in [5.41, 5.74) is 1.39. The van der Waals surface area contributed by atoms with Crippen molar-refractivity contribution in [3.63, 3.8) is 0 Å². The summed E-state index contributed by atoms with van der Waals surface area (Å²) in [5, 5.41) is 9.69. The molecule has 19 heavy (non-hydrogen) atoms. The Labute approximate surface area is 117 Å². The average Bonchev–Trinajstić information content (AvgIpc) is 3.08. The van der Waals surface area contributed by atoms with Crippen molar-refractivity contribution in [2.45, 2.75) is 51.6 Å². The molecule has 2 unspecified atom stereocenters. The lowest BCUT2D eigenvalue weighted by molar-refractivity contribution is 0.348. The lowest BCUT2D eigenvalue weighted by Gasteiger charge is -2.11. The predicted octanol–water partition coefficient (Wildman–Crippen LogP) is 3.17. The van der Waals surface area contributed by atoms with Crippen molar-refractivity contribution in [1.82, 2.24) is 15.5 Å². The first-order valence-electron chi connectivity index (χ1n) is 6.79. The molecule has 0 spiro atoms. The van der Waals surface area contributed by atoms with E-state index in [1.54, 1.807) is 0 Å². The van der Waals surface area contributed by atoms with E-state index in [9.17, 15) is 0 Å². The van der Waals surface area contributed by atoms with Gasteiger partial charge < -0.3 is 9.84 Å². The normalized spacial score (nSPS) is 23.1. The Morgan fingerprint density at radius 2 is 2.32 bits per heavy atom. The zero-order chi connectivity index (χ0) is 13.2. The highest BCUT2D eigenvalue weighted by Gasteiger charge is 2.29. The molecule has 1 aliphatic carbocycles. The van der Waals surface area contributed by atoms with Crippen molar-refractivity contribution in [2.75, 3.05) is 0 Å². The second kappa shape index (κ2) is 5.43. The highest BCUT2D eigenvalue weighted by Crippen LogP contribution is 2.33. The van der Waals surface area contributed by atoms with E-state index in [0.717, 1.165) is 31.1 Å². The zero-order valence-corrected chi connectivity index (χ0v) is 12.2. The topological polar surface area (TPSA) is 51.0 Å². The summed E-state index contributed by atoms with van der Waals surface area (Å²) in [4.78, 5) is 5.79. The summed E-state index contributed by atoms with van der Waals surface area (Å²) < 4.78 is 5.28. The smallest absolute Gasteiger partial charge is 0.229 e. The van der Waals surface area contributed by atoms with Crippen LogP contribution in [-0.4, -0.2) is 16.2 Å². The molecule has 0 aromatic carbocycles. The van der Waals surface area contributed by atoms with Crippen molar-refractivity contribution in [1.29, 1.82) is 0 Å². The minimum Gasteiger partial charge on any atom is -0.339 e. The van der Waals surface area contributed by atoms with Crippen LogP contribution in [0.1, 0.15) is 47.3 Å². The number of thiophene rings is 1. The molecule has 1 N–H and O–H groups in total. The minimum absolute atomic E-state index is 0.433. The van der Waals surface area contributed by atoms with Crippen LogP contribution in [0.2, 0.25) is 0 Å². The van der Waals surface area contributed by atoms with Crippen LogP contribution in [0.3, 0.4) is 0 Å². The zero-order valence-electron chi connectivity index (χ0n) is 11.3. The molecule has 1 aliphatic rings. The van der Waals surface area contributed by atoms with Gasteiger partial charge >= 0.3 is 0 Å². The highest BCUT2D eigenvalue weighted by molar-refractivity contribution is 7.10. The van der Waals surface area contributed by atoms with Crippen LogP contribution >= 0.6 is 11.3 Å². The van der Waals surface area contributed by atoms with E-state index >= 15 is 0 Å². The molecule has 1 saturated carbocycles. The molecule has 0 aliphatic heterocycles. The van der Waals surface area contributed by atoms with Crippen molar-refractivity contribution < 1.29 is 4.52 Å². The molecule has 3 rings (SSSR count). The summed E-state index contributed by atoms with van der Waals surface area (Å²) >= 11 is 1.83. The van der Waals surface area contributed by atoms with Gasteiger partial charge in [0.2, 0.25) is 5.89 Å². The van der Waals surface area contributed by atoms with Gasteiger partial charge in [0.1, 0.15) is 0 Å². The van der Waals surface area contributed by atoms with Crippen molar-refractivity contribution >= 4 is 11.3 Å². The van der Waals surface area contributed by atoms with Crippen molar-refractivity contribution in [3.8, 4) is 0 Å². The molecule has 4 nitrogen and oxygen atoms in total. The largest absolute Gasteiger partial charge is 0.339 e. The van der Waals surface area contributed by atoms with Crippen LogP contribution in [0.15, 0.2) is 16.0 Å². The Bertz CT molecular complexity index is 548. The second-order valence-corrected chi connectivity index (χ2v) is 6.30. The molecule has 2 aromatic heterocycles. The van der Waals surface area contributed by atoms with E-state index in [-0.39, 0.29) is 0 Å². The van der Waals surface area contributed by atoms with E-state index in [2.05, 4.69) is 33.8 Å². The number of nitrogens with one attached hydrogen (secondary N) is 1. The summed E-state index contributed by atoms with van der Waals surface area (Å²) in [6, 6.07) is 2.75. The van der Waals surface area contributed by atoms with Gasteiger partial charge in [-0.3, -0.25) is 0 Å². The van der Waals surface area contributed by atoms with Gasteiger partial charge in [0.15, 0.2) is 5.82 Å². The van der Waals surface area contributed by atoms with E-state index in [0.29, 0.717) is 12.0 Å². The monoisotopic (exact) mass is 277 g/mol. The van der Waals surface area contributed by atoms with E-state index in [1.165, 1.54) is 16.9 Å². The molecule has 0 saturated heterocycles. The number of aryl methyl sites for hydroxylation is 2. The Morgan fingerprint density at radius 3 is 3.00 bits per heavy atom. The molecular weight excluding hydrogens is 258 g/mol. The van der Waals surface area contributed by atoms with E-state index < -0.39 is 0 Å². The lowest BCUT2D eigenvalue weighted by Crippen LogP contribution is -2.25. The molecule has 2 aromatic rings. The maximum absolute atomic E-state index is 5.28. The molecule has 1 fully saturated rings. The molecule has 102 valence electrons. The highest BCUT2D eigenvalue weighted by atomic mass is 32.1. The van der Waals surface area contributed by atoms with Gasteiger partial charge in [0.05, 0.1) is 0 Å². The third-order valence-electron chi connectivity index (χ3n) is 3.84. The Morgan fingerprint density at radius 1 is 1.42 bits per heavy atom. The SMILES string of the molecule is Cc1noc(C2CCC(NCc3sccc3C)C2)n1. The second-order valence-electron chi connectivity index (χ2n) is 5.29. The van der Waals surface area contributed by atoms with Gasteiger partial charge in [-0.25, -0.2) is 0 Å². The summed E-state index contributed by atoms with van der Waals surface area (Å²) in [5.74, 6) is 1.98.